The summed E-state index contributed by atoms with van der Waals surface area (Å²) in [7, 11) is 0. The first kappa shape index (κ1) is 12.7. The first-order chi connectivity index (χ1) is 9.11. The number of hydrogen-bond acceptors (Lipinski definition) is 3. The highest BCUT2D eigenvalue weighted by Gasteiger charge is 2.07. The van der Waals surface area contributed by atoms with Crippen LogP contribution in [0.4, 0.5) is 0 Å². The van der Waals surface area contributed by atoms with E-state index in [1.54, 1.807) is 12.1 Å². The maximum Gasteiger partial charge on any atom is 0.238 e. The van der Waals surface area contributed by atoms with Crippen LogP contribution >= 0.6 is 39.1 Å². The predicted molar refractivity (Wildman–Crippen MR) is 78.1 cm³/mol. The lowest BCUT2D eigenvalue weighted by Gasteiger charge is -2.06. The molecule has 0 saturated carbocycles. The van der Waals surface area contributed by atoms with Crippen LogP contribution in [-0.2, 0) is 0 Å². The molecule has 1 aromatic carbocycles. The van der Waals surface area contributed by atoms with Crippen LogP contribution in [0.15, 0.2) is 35.2 Å². The Hall–Kier alpha value is -1.30. The second-order valence-electron chi connectivity index (χ2n) is 3.75. The molecule has 0 bridgehead atoms. The lowest BCUT2D eigenvalue weighted by Crippen LogP contribution is -1.88. The van der Waals surface area contributed by atoms with Crippen molar-refractivity contribution < 1.29 is 4.74 Å². The minimum atomic E-state index is 0.309. The number of nitrogens with zero attached hydrogens (tertiary/aromatic N) is 2. The van der Waals surface area contributed by atoms with Crippen LogP contribution in [0, 0.1) is 0 Å². The fourth-order valence-corrected chi connectivity index (χ4v) is 2.43. The first-order valence-corrected chi connectivity index (χ1v) is 6.81. The fraction of sp³-hybridized carbons (Fsp3) is 0. The molecule has 0 fully saturated rings. The van der Waals surface area contributed by atoms with E-state index in [-0.39, 0.29) is 0 Å². The number of benzene rings is 1. The number of ether oxygens (including phenoxy) is 1. The molecule has 0 aliphatic carbocycles. The maximum absolute atomic E-state index is 6.00. The summed E-state index contributed by atoms with van der Waals surface area (Å²) < 4.78 is 6.29. The molecule has 2 heterocycles. The topological polar surface area (TPSA) is 50.8 Å². The molecule has 19 heavy (non-hydrogen) atoms. The Morgan fingerprint density at radius 3 is 2.84 bits per heavy atom. The van der Waals surface area contributed by atoms with Gasteiger partial charge < -0.3 is 9.72 Å². The number of halogens is 3. The van der Waals surface area contributed by atoms with Crippen LogP contribution in [0.2, 0.25) is 10.0 Å². The summed E-state index contributed by atoms with van der Waals surface area (Å²) in [6.07, 6.45) is 1.48. The van der Waals surface area contributed by atoms with E-state index >= 15 is 0 Å². The van der Waals surface area contributed by atoms with Gasteiger partial charge in [0.15, 0.2) is 4.73 Å². The third-order valence-corrected chi connectivity index (χ3v) is 3.27. The van der Waals surface area contributed by atoms with Crippen molar-refractivity contribution in [2.45, 2.75) is 0 Å². The highest BCUT2D eigenvalue weighted by molar-refractivity contribution is 9.10. The molecular weight excluding hydrogens is 353 g/mol. The highest BCUT2D eigenvalue weighted by atomic mass is 79.9. The number of H-pyrrole nitrogens is 1. The quantitative estimate of drug-likeness (QED) is 0.714. The second-order valence-corrected chi connectivity index (χ2v) is 5.34. The third kappa shape index (κ3) is 2.68. The molecule has 0 saturated heterocycles. The van der Waals surface area contributed by atoms with E-state index in [4.69, 9.17) is 27.9 Å². The van der Waals surface area contributed by atoms with Crippen molar-refractivity contribution in [1.29, 1.82) is 0 Å². The SMILES string of the molecule is Clc1cnc(Oc2ccc3nc(Br)[nH]c3c2)c(Cl)c1. The molecule has 1 N–H and O–H groups in total. The third-order valence-electron chi connectivity index (χ3n) is 2.41. The number of hydrogen-bond donors (Lipinski definition) is 1. The van der Waals surface area contributed by atoms with Crippen molar-refractivity contribution in [1.82, 2.24) is 15.0 Å². The van der Waals surface area contributed by atoms with Crippen molar-refractivity contribution in [3.05, 3.63) is 45.2 Å². The smallest absolute Gasteiger partial charge is 0.238 e. The van der Waals surface area contributed by atoms with E-state index in [1.165, 1.54) is 6.20 Å². The lowest BCUT2D eigenvalue weighted by atomic mass is 10.3. The number of nitrogens with one attached hydrogen (secondary N) is 1. The van der Waals surface area contributed by atoms with Crippen molar-refractivity contribution >= 4 is 50.2 Å². The van der Waals surface area contributed by atoms with Gasteiger partial charge in [0.25, 0.3) is 0 Å². The van der Waals surface area contributed by atoms with Gasteiger partial charge in [-0.3, -0.25) is 0 Å². The average molecular weight is 359 g/mol. The Bertz CT molecular complexity index is 760. The molecule has 0 aliphatic heterocycles. The summed E-state index contributed by atoms with van der Waals surface area (Å²) in [6, 6.07) is 7.04. The van der Waals surface area contributed by atoms with Crippen LogP contribution < -0.4 is 4.74 Å². The largest absolute Gasteiger partial charge is 0.437 e. The standard InChI is InChI=1S/C12H6BrCl2N3O/c13-12-17-9-2-1-7(4-10(9)18-12)19-11-8(15)3-6(14)5-16-11/h1-5H,(H,17,18). The van der Waals surface area contributed by atoms with Crippen molar-refractivity contribution in [2.75, 3.05) is 0 Å². The van der Waals surface area contributed by atoms with Gasteiger partial charge in [-0.15, -0.1) is 0 Å². The van der Waals surface area contributed by atoms with Crippen molar-refractivity contribution in [2.24, 2.45) is 0 Å². The van der Waals surface area contributed by atoms with Gasteiger partial charge in [-0.05, 0) is 34.1 Å². The zero-order valence-corrected chi connectivity index (χ0v) is 12.4. The number of fused-ring (bicyclic) bond motifs is 1. The molecule has 3 rings (SSSR count). The summed E-state index contributed by atoms with van der Waals surface area (Å²) in [5.74, 6) is 0.921. The second kappa shape index (κ2) is 5.00. The van der Waals surface area contributed by atoms with Gasteiger partial charge >= 0.3 is 0 Å². The molecular formula is C12H6BrCl2N3O. The van der Waals surface area contributed by atoms with Crippen LogP contribution in [0.5, 0.6) is 11.6 Å². The average Bonchev–Trinajstić information content (AvgIpc) is 2.72. The van der Waals surface area contributed by atoms with Crippen molar-refractivity contribution in [3.63, 3.8) is 0 Å². The summed E-state index contributed by atoms with van der Waals surface area (Å²) in [5.41, 5.74) is 1.70. The van der Waals surface area contributed by atoms with E-state index in [9.17, 15) is 0 Å². The van der Waals surface area contributed by atoms with Gasteiger partial charge in [-0.25, -0.2) is 9.97 Å². The van der Waals surface area contributed by atoms with E-state index in [0.29, 0.717) is 26.4 Å². The fourth-order valence-electron chi connectivity index (χ4n) is 1.61. The van der Waals surface area contributed by atoms with Crippen LogP contribution in [0.25, 0.3) is 11.0 Å². The zero-order chi connectivity index (χ0) is 13.4. The first-order valence-electron chi connectivity index (χ1n) is 5.26. The number of pyridine rings is 1. The van der Waals surface area contributed by atoms with E-state index in [2.05, 4.69) is 30.9 Å². The summed E-state index contributed by atoms with van der Waals surface area (Å²) in [4.78, 5) is 11.3. The Balaban J connectivity index is 1.96. The predicted octanol–water partition coefficient (Wildman–Crippen LogP) is 4.82. The molecule has 0 atom stereocenters. The van der Waals surface area contributed by atoms with Gasteiger partial charge in [0.05, 0.1) is 16.1 Å². The molecule has 3 aromatic rings. The van der Waals surface area contributed by atoms with E-state index in [1.807, 2.05) is 12.1 Å². The molecule has 0 unspecified atom stereocenters. The Kier molecular flexibility index (Phi) is 3.35. The molecule has 0 spiro atoms. The molecule has 0 radical (unpaired) electrons. The van der Waals surface area contributed by atoms with Gasteiger partial charge in [0.2, 0.25) is 5.88 Å². The number of aromatic nitrogens is 3. The summed E-state index contributed by atoms with van der Waals surface area (Å²) in [5, 5.41) is 0.823. The van der Waals surface area contributed by atoms with Crippen molar-refractivity contribution in [3.8, 4) is 11.6 Å². The number of imidazole rings is 1. The minimum Gasteiger partial charge on any atom is -0.437 e. The molecule has 2 aromatic heterocycles. The van der Waals surface area contributed by atoms with Crippen LogP contribution in [0.3, 0.4) is 0 Å². The Morgan fingerprint density at radius 1 is 1.21 bits per heavy atom. The normalized spacial score (nSPS) is 10.9. The number of rotatable bonds is 2. The Labute approximate surface area is 126 Å². The molecule has 0 amide bonds. The monoisotopic (exact) mass is 357 g/mol. The van der Waals surface area contributed by atoms with Crippen LogP contribution in [0.1, 0.15) is 0 Å². The van der Waals surface area contributed by atoms with Gasteiger partial charge in [-0.2, -0.15) is 0 Å². The zero-order valence-electron chi connectivity index (χ0n) is 9.32. The van der Waals surface area contributed by atoms with E-state index in [0.717, 1.165) is 11.0 Å². The molecule has 7 heteroatoms. The summed E-state index contributed by atoms with van der Waals surface area (Å²) in [6.45, 7) is 0. The summed E-state index contributed by atoms with van der Waals surface area (Å²) >= 11 is 15.1. The van der Waals surface area contributed by atoms with Gasteiger partial charge in [-0.1, -0.05) is 23.2 Å². The maximum atomic E-state index is 6.00. The minimum absolute atomic E-state index is 0.309. The van der Waals surface area contributed by atoms with Gasteiger partial charge in [0, 0.05) is 12.3 Å². The van der Waals surface area contributed by atoms with Crippen LogP contribution in [-0.4, -0.2) is 15.0 Å². The van der Waals surface area contributed by atoms with E-state index < -0.39 is 0 Å². The highest BCUT2D eigenvalue weighted by Crippen LogP contribution is 2.30. The molecule has 96 valence electrons. The van der Waals surface area contributed by atoms with Gasteiger partial charge in [0.1, 0.15) is 10.8 Å². The lowest BCUT2D eigenvalue weighted by molar-refractivity contribution is 0.464. The Morgan fingerprint density at radius 2 is 2.05 bits per heavy atom. The molecule has 4 nitrogen and oxygen atoms in total. The number of aromatic amines is 1. The molecule has 0 aliphatic rings.